The van der Waals surface area contributed by atoms with E-state index in [2.05, 4.69) is 54.7 Å². The molecule has 2 aromatic carbocycles. The van der Waals surface area contributed by atoms with Gasteiger partial charge in [0.15, 0.2) is 0 Å². The lowest BCUT2D eigenvalue weighted by atomic mass is 10.1. The molecule has 0 aliphatic rings. The Bertz CT molecular complexity index is 513. The van der Waals surface area contributed by atoms with Crippen molar-refractivity contribution in [1.29, 1.82) is 0 Å². The Labute approximate surface area is 137 Å². The number of halogens is 1. The van der Waals surface area contributed by atoms with E-state index in [0.717, 1.165) is 23.7 Å². The van der Waals surface area contributed by atoms with Crippen LogP contribution in [0.1, 0.15) is 18.9 Å². The fourth-order valence-electron chi connectivity index (χ4n) is 2.25. The molecule has 2 aromatic rings. The highest BCUT2D eigenvalue weighted by atomic mass is 35.5. The Kier molecular flexibility index (Phi) is 7.14. The van der Waals surface area contributed by atoms with Crippen LogP contribution in [0.15, 0.2) is 59.5 Å². The van der Waals surface area contributed by atoms with Gasteiger partial charge >= 0.3 is 0 Å². The van der Waals surface area contributed by atoms with Crippen LogP contribution in [0.5, 0.6) is 0 Å². The van der Waals surface area contributed by atoms with Crippen LogP contribution in [-0.4, -0.2) is 18.3 Å². The van der Waals surface area contributed by atoms with Crippen molar-refractivity contribution in [3.63, 3.8) is 0 Å². The lowest BCUT2D eigenvalue weighted by Crippen LogP contribution is -2.31. The largest absolute Gasteiger partial charge is 0.313 e. The predicted molar refractivity (Wildman–Crippen MR) is 94.4 cm³/mol. The number of nitrogens with one attached hydrogen (secondary N) is 1. The molecule has 0 bridgehead atoms. The van der Waals surface area contributed by atoms with Crippen LogP contribution in [0.2, 0.25) is 5.02 Å². The summed E-state index contributed by atoms with van der Waals surface area (Å²) in [5.41, 5.74) is 1.41. The number of hydrogen-bond acceptors (Lipinski definition) is 2. The molecule has 0 heterocycles. The van der Waals surface area contributed by atoms with E-state index in [1.54, 1.807) is 0 Å². The average Bonchev–Trinajstić information content (AvgIpc) is 2.52. The maximum absolute atomic E-state index is 5.92. The van der Waals surface area contributed by atoms with Crippen LogP contribution in [0.3, 0.4) is 0 Å². The molecule has 0 fully saturated rings. The molecule has 0 amide bonds. The Morgan fingerprint density at radius 3 is 2.43 bits per heavy atom. The first-order chi connectivity index (χ1) is 10.3. The minimum absolute atomic E-state index is 0.538. The minimum Gasteiger partial charge on any atom is -0.313 e. The molecule has 0 aromatic heterocycles. The third-order valence-electron chi connectivity index (χ3n) is 3.38. The number of thioether (sulfide) groups is 1. The van der Waals surface area contributed by atoms with Crippen LogP contribution >= 0.6 is 23.4 Å². The zero-order chi connectivity index (χ0) is 14.9. The molecule has 0 saturated carbocycles. The van der Waals surface area contributed by atoms with E-state index in [1.807, 2.05) is 23.9 Å². The van der Waals surface area contributed by atoms with E-state index in [4.69, 9.17) is 11.6 Å². The Hall–Kier alpha value is -0.960. The lowest BCUT2D eigenvalue weighted by Gasteiger charge is -2.17. The van der Waals surface area contributed by atoms with Gasteiger partial charge in [0.2, 0.25) is 0 Å². The van der Waals surface area contributed by atoms with Crippen LogP contribution in [0.4, 0.5) is 0 Å². The van der Waals surface area contributed by atoms with Gasteiger partial charge in [-0.2, -0.15) is 0 Å². The van der Waals surface area contributed by atoms with Crippen molar-refractivity contribution in [2.24, 2.45) is 0 Å². The summed E-state index contributed by atoms with van der Waals surface area (Å²) in [6.07, 6.45) is 2.29. The quantitative estimate of drug-likeness (QED) is 0.684. The molecule has 0 aliphatic carbocycles. The molecular formula is C18H22ClNS. The Morgan fingerprint density at radius 1 is 1.05 bits per heavy atom. The molecule has 1 N–H and O–H groups in total. The van der Waals surface area contributed by atoms with Crippen molar-refractivity contribution in [2.45, 2.75) is 30.7 Å². The normalized spacial score (nSPS) is 12.3. The number of rotatable bonds is 8. The number of benzene rings is 2. The molecule has 112 valence electrons. The SMILES string of the molecule is CCNC(CCc1ccccc1)CSc1ccc(Cl)cc1. The molecule has 0 saturated heterocycles. The highest BCUT2D eigenvalue weighted by Crippen LogP contribution is 2.22. The van der Waals surface area contributed by atoms with Crippen molar-refractivity contribution < 1.29 is 0 Å². The summed E-state index contributed by atoms with van der Waals surface area (Å²) in [4.78, 5) is 1.28. The van der Waals surface area contributed by atoms with Gasteiger partial charge in [-0.15, -0.1) is 11.8 Å². The summed E-state index contributed by atoms with van der Waals surface area (Å²) < 4.78 is 0. The van der Waals surface area contributed by atoms with Crippen LogP contribution in [0, 0.1) is 0 Å². The molecule has 1 unspecified atom stereocenters. The van der Waals surface area contributed by atoms with Gasteiger partial charge in [-0.25, -0.2) is 0 Å². The standard InChI is InChI=1S/C18H22ClNS/c1-2-20-17(11-8-15-6-4-3-5-7-15)14-21-18-12-9-16(19)10-13-18/h3-7,9-10,12-13,17,20H,2,8,11,14H2,1H3. The third-order valence-corrected chi connectivity index (χ3v) is 4.81. The van der Waals surface area contributed by atoms with Gasteiger partial charge in [0.05, 0.1) is 0 Å². The molecule has 0 spiro atoms. The van der Waals surface area contributed by atoms with Gasteiger partial charge < -0.3 is 5.32 Å². The first-order valence-corrected chi connectivity index (χ1v) is 8.80. The first kappa shape index (κ1) is 16.4. The summed E-state index contributed by atoms with van der Waals surface area (Å²) in [6, 6.07) is 19.3. The average molecular weight is 320 g/mol. The molecular weight excluding hydrogens is 298 g/mol. The van der Waals surface area contributed by atoms with Gasteiger partial charge in [0, 0.05) is 21.7 Å². The van der Waals surface area contributed by atoms with E-state index in [9.17, 15) is 0 Å². The molecule has 0 radical (unpaired) electrons. The van der Waals surface area contributed by atoms with Crippen LogP contribution < -0.4 is 5.32 Å². The first-order valence-electron chi connectivity index (χ1n) is 7.43. The fourth-order valence-corrected chi connectivity index (χ4v) is 3.38. The predicted octanol–water partition coefficient (Wildman–Crippen LogP) is 5.04. The van der Waals surface area contributed by atoms with E-state index in [-0.39, 0.29) is 0 Å². The molecule has 0 aliphatic heterocycles. The van der Waals surface area contributed by atoms with Crippen molar-refractivity contribution >= 4 is 23.4 Å². The zero-order valence-corrected chi connectivity index (χ0v) is 14.0. The number of aryl methyl sites for hydroxylation is 1. The maximum Gasteiger partial charge on any atom is 0.0406 e. The van der Waals surface area contributed by atoms with Crippen molar-refractivity contribution in [3.05, 3.63) is 65.2 Å². The summed E-state index contributed by atoms with van der Waals surface area (Å²) in [5.74, 6) is 1.09. The van der Waals surface area contributed by atoms with Gasteiger partial charge in [0.25, 0.3) is 0 Å². The van der Waals surface area contributed by atoms with Crippen LogP contribution in [-0.2, 0) is 6.42 Å². The maximum atomic E-state index is 5.92. The topological polar surface area (TPSA) is 12.0 Å². The van der Waals surface area contributed by atoms with Gasteiger partial charge in [-0.05, 0) is 49.2 Å². The molecule has 2 rings (SSSR count). The summed E-state index contributed by atoms with van der Waals surface area (Å²) >= 11 is 7.81. The van der Waals surface area contributed by atoms with Crippen molar-refractivity contribution in [2.75, 3.05) is 12.3 Å². The van der Waals surface area contributed by atoms with Gasteiger partial charge in [-0.3, -0.25) is 0 Å². The van der Waals surface area contributed by atoms with Crippen molar-refractivity contribution in [3.8, 4) is 0 Å². The summed E-state index contributed by atoms with van der Waals surface area (Å²) in [7, 11) is 0. The minimum atomic E-state index is 0.538. The summed E-state index contributed by atoms with van der Waals surface area (Å²) in [6.45, 7) is 3.18. The molecule has 21 heavy (non-hydrogen) atoms. The summed E-state index contributed by atoms with van der Waals surface area (Å²) in [5, 5.41) is 4.39. The Balaban J connectivity index is 1.82. The van der Waals surface area contributed by atoms with E-state index in [0.29, 0.717) is 6.04 Å². The smallest absolute Gasteiger partial charge is 0.0406 e. The fraction of sp³-hybridized carbons (Fsp3) is 0.333. The van der Waals surface area contributed by atoms with Crippen molar-refractivity contribution in [1.82, 2.24) is 5.32 Å². The van der Waals surface area contributed by atoms with Crippen LogP contribution in [0.25, 0.3) is 0 Å². The van der Waals surface area contributed by atoms with E-state index < -0.39 is 0 Å². The Morgan fingerprint density at radius 2 is 1.76 bits per heavy atom. The highest BCUT2D eigenvalue weighted by molar-refractivity contribution is 7.99. The molecule has 3 heteroatoms. The third kappa shape index (κ3) is 6.13. The second-order valence-corrected chi connectivity index (χ2v) is 6.57. The van der Waals surface area contributed by atoms with Gasteiger partial charge in [-0.1, -0.05) is 48.9 Å². The second-order valence-electron chi connectivity index (χ2n) is 5.04. The molecule has 1 atom stereocenters. The number of hydrogen-bond donors (Lipinski definition) is 1. The highest BCUT2D eigenvalue weighted by Gasteiger charge is 2.08. The second kappa shape index (κ2) is 9.14. The molecule has 1 nitrogen and oxygen atoms in total. The zero-order valence-electron chi connectivity index (χ0n) is 12.4. The van der Waals surface area contributed by atoms with E-state index >= 15 is 0 Å². The monoisotopic (exact) mass is 319 g/mol. The lowest BCUT2D eigenvalue weighted by molar-refractivity contribution is 0.537. The van der Waals surface area contributed by atoms with Gasteiger partial charge in [0.1, 0.15) is 0 Å². The van der Waals surface area contributed by atoms with E-state index in [1.165, 1.54) is 16.9 Å².